The Labute approximate surface area is 119 Å². The van der Waals surface area contributed by atoms with Crippen LogP contribution in [0.2, 0.25) is 0 Å². The second-order valence-electron chi connectivity index (χ2n) is 4.90. The number of hydrogen-bond acceptors (Lipinski definition) is 3. The Morgan fingerprint density at radius 3 is 2.50 bits per heavy atom. The first-order chi connectivity index (χ1) is 9.71. The van der Waals surface area contributed by atoms with Crippen molar-refractivity contribution in [3.8, 4) is 12.3 Å². The van der Waals surface area contributed by atoms with Gasteiger partial charge in [-0.25, -0.2) is 0 Å². The summed E-state index contributed by atoms with van der Waals surface area (Å²) in [5.41, 5.74) is 3.31. The molecule has 1 aromatic carbocycles. The zero-order valence-corrected chi connectivity index (χ0v) is 11.7. The molecule has 0 fully saturated rings. The van der Waals surface area contributed by atoms with Gasteiger partial charge in [-0.05, 0) is 18.2 Å². The number of nitrogens with zero attached hydrogens (tertiary/aromatic N) is 3. The molecule has 0 radical (unpaired) electrons. The molecule has 0 saturated heterocycles. The van der Waals surface area contributed by atoms with Crippen LogP contribution >= 0.6 is 0 Å². The second-order valence-corrected chi connectivity index (χ2v) is 4.90. The van der Waals surface area contributed by atoms with E-state index in [-0.39, 0.29) is 6.61 Å². The third-order valence-corrected chi connectivity index (χ3v) is 3.05. The van der Waals surface area contributed by atoms with Gasteiger partial charge in [0, 0.05) is 24.8 Å². The van der Waals surface area contributed by atoms with Gasteiger partial charge in [-0.1, -0.05) is 30.2 Å². The monoisotopic (exact) mass is 269 g/mol. The van der Waals surface area contributed by atoms with Crippen LogP contribution in [-0.4, -0.2) is 26.8 Å². The molecule has 0 amide bonds. The van der Waals surface area contributed by atoms with Crippen LogP contribution in [0.1, 0.15) is 16.7 Å². The van der Waals surface area contributed by atoms with E-state index in [1.165, 1.54) is 5.56 Å². The zero-order valence-electron chi connectivity index (χ0n) is 11.7. The Bertz CT molecular complexity index is 581. The quantitative estimate of drug-likeness (QED) is 0.811. The third-order valence-electron chi connectivity index (χ3n) is 3.05. The molecule has 0 saturated carbocycles. The largest absolute Gasteiger partial charge is 0.392 e. The van der Waals surface area contributed by atoms with Crippen LogP contribution in [0.4, 0.5) is 0 Å². The van der Waals surface area contributed by atoms with Gasteiger partial charge in [0.25, 0.3) is 0 Å². The van der Waals surface area contributed by atoms with E-state index in [0.717, 1.165) is 24.2 Å². The van der Waals surface area contributed by atoms with Gasteiger partial charge in [0.2, 0.25) is 0 Å². The highest BCUT2D eigenvalue weighted by Crippen LogP contribution is 2.09. The van der Waals surface area contributed by atoms with Gasteiger partial charge in [0.1, 0.15) is 6.54 Å². The normalized spacial score (nSPS) is 10.7. The van der Waals surface area contributed by atoms with E-state index < -0.39 is 0 Å². The number of aliphatic hydroxyl groups excluding tert-OH is 1. The van der Waals surface area contributed by atoms with Crippen LogP contribution < -0.4 is 0 Å². The number of terminal acetylenes is 1. The van der Waals surface area contributed by atoms with E-state index in [9.17, 15) is 0 Å². The third kappa shape index (κ3) is 3.95. The SMILES string of the molecule is C#CCn1cc(CN(C)Cc2ccc(CO)cc2)cn1. The molecule has 4 nitrogen and oxygen atoms in total. The molecule has 1 aromatic heterocycles. The van der Waals surface area contributed by atoms with Crippen molar-refractivity contribution in [2.75, 3.05) is 7.05 Å². The Balaban J connectivity index is 1.90. The summed E-state index contributed by atoms with van der Waals surface area (Å²) in [7, 11) is 2.07. The van der Waals surface area contributed by atoms with E-state index >= 15 is 0 Å². The number of benzene rings is 1. The highest BCUT2D eigenvalue weighted by molar-refractivity contribution is 5.22. The number of aliphatic hydroxyl groups is 1. The first-order valence-electron chi connectivity index (χ1n) is 6.53. The molecule has 0 bridgehead atoms. The average molecular weight is 269 g/mol. The fourth-order valence-corrected chi connectivity index (χ4v) is 2.10. The molecule has 2 aromatic rings. The van der Waals surface area contributed by atoms with Crippen molar-refractivity contribution in [2.45, 2.75) is 26.2 Å². The lowest BCUT2D eigenvalue weighted by atomic mass is 10.1. The molecule has 20 heavy (non-hydrogen) atoms. The Morgan fingerprint density at radius 1 is 1.20 bits per heavy atom. The van der Waals surface area contributed by atoms with Crippen LogP contribution in [0, 0.1) is 12.3 Å². The van der Waals surface area contributed by atoms with Crippen molar-refractivity contribution in [1.82, 2.24) is 14.7 Å². The Kier molecular flexibility index (Phi) is 4.94. The molecule has 0 aliphatic rings. The minimum absolute atomic E-state index is 0.0878. The average Bonchev–Trinajstić information content (AvgIpc) is 2.87. The predicted molar refractivity (Wildman–Crippen MR) is 78.6 cm³/mol. The van der Waals surface area contributed by atoms with Crippen LogP contribution in [0.25, 0.3) is 0 Å². The highest BCUT2D eigenvalue weighted by atomic mass is 16.3. The van der Waals surface area contributed by atoms with Crippen molar-refractivity contribution in [1.29, 1.82) is 0 Å². The molecular formula is C16H19N3O. The smallest absolute Gasteiger partial charge is 0.101 e. The fourth-order valence-electron chi connectivity index (χ4n) is 2.10. The topological polar surface area (TPSA) is 41.3 Å². The van der Waals surface area contributed by atoms with Crippen molar-refractivity contribution < 1.29 is 5.11 Å². The van der Waals surface area contributed by atoms with Gasteiger partial charge in [-0.3, -0.25) is 9.58 Å². The minimum Gasteiger partial charge on any atom is -0.392 e. The molecule has 1 heterocycles. The standard InChI is InChI=1S/C16H19N3O/c1-3-8-19-12-16(9-17-19)11-18(2)10-14-4-6-15(13-20)7-5-14/h1,4-7,9,12,20H,8,10-11,13H2,2H3. The maximum Gasteiger partial charge on any atom is 0.101 e. The lowest BCUT2D eigenvalue weighted by Gasteiger charge is -2.15. The van der Waals surface area contributed by atoms with Crippen molar-refractivity contribution in [3.05, 3.63) is 53.3 Å². The van der Waals surface area contributed by atoms with Gasteiger partial charge in [0.15, 0.2) is 0 Å². The summed E-state index contributed by atoms with van der Waals surface area (Å²) in [6.07, 6.45) is 9.09. The first kappa shape index (κ1) is 14.3. The van der Waals surface area contributed by atoms with E-state index in [1.54, 1.807) is 4.68 Å². The van der Waals surface area contributed by atoms with E-state index in [4.69, 9.17) is 11.5 Å². The Morgan fingerprint density at radius 2 is 1.85 bits per heavy atom. The van der Waals surface area contributed by atoms with Crippen LogP contribution in [0.3, 0.4) is 0 Å². The summed E-state index contributed by atoms with van der Waals surface area (Å²) < 4.78 is 1.76. The molecule has 0 atom stereocenters. The molecule has 2 rings (SSSR count). The molecule has 1 N–H and O–H groups in total. The van der Waals surface area contributed by atoms with Crippen LogP contribution in [0.15, 0.2) is 36.7 Å². The lowest BCUT2D eigenvalue weighted by molar-refractivity contribution is 0.281. The van der Waals surface area contributed by atoms with Crippen LogP contribution in [0.5, 0.6) is 0 Å². The van der Waals surface area contributed by atoms with Gasteiger partial charge >= 0.3 is 0 Å². The second kappa shape index (κ2) is 6.90. The molecule has 0 aliphatic heterocycles. The number of hydrogen-bond donors (Lipinski definition) is 1. The van der Waals surface area contributed by atoms with Gasteiger partial charge in [-0.2, -0.15) is 5.10 Å². The van der Waals surface area contributed by atoms with Crippen molar-refractivity contribution >= 4 is 0 Å². The maximum atomic E-state index is 9.02. The molecule has 0 spiro atoms. The predicted octanol–water partition coefficient (Wildman–Crippen LogP) is 1.64. The zero-order chi connectivity index (χ0) is 14.4. The summed E-state index contributed by atoms with van der Waals surface area (Å²) in [4.78, 5) is 2.21. The number of aromatic nitrogens is 2. The minimum atomic E-state index is 0.0878. The lowest BCUT2D eigenvalue weighted by Crippen LogP contribution is -2.16. The maximum absolute atomic E-state index is 9.02. The van der Waals surface area contributed by atoms with Gasteiger partial charge < -0.3 is 5.11 Å². The summed E-state index contributed by atoms with van der Waals surface area (Å²) in [5.74, 6) is 2.57. The molecule has 0 unspecified atom stereocenters. The molecule has 4 heteroatoms. The molecule has 0 aliphatic carbocycles. The van der Waals surface area contributed by atoms with Crippen molar-refractivity contribution in [2.24, 2.45) is 0 Å². The van der Waals surface area contributed by atoms with E-state index in [1.807, 2.05) is 36.7 Å². The highest BCUT2D eigenvalue weighted by Gasteiger charge is 2.04. The summed E-state index contributed by atoms with van der Waals surface area (Å²) in [6, 6.07) is 8.00. The van der Waals surface area contributed by atoms with E-state index in [0.29, 0.717) is 6.54 Å². The van der Waals surface area contributed by atoms with Gasteiger partial charge in [0.05, 0.1) is 12.8 Å². The first-order valence-corrected chi connectivity index (χ1v) is 6.53. The molecule has 104 valence electrons. The summed E-state index contributed by atoms with van der Waals surface area (Å²) in [5, 5.41) is 13.2. The van der Waals surface area contributed by atoms with Gasteiger partial charge in [-0.15, -0.1) is 6.42 Å². The van der Waals surface area contributed by atoms with Crippen LogP contribution in [-0.2, 0) is 26.2 Å². The summed E-state index contributed by atoms with van der Waals surface area (Å²) >= 11 is 0. The van der Waals surface area contributed by atoms with E-state index in [2.05, 4.69) is 23.0 Å². The molecular weight excluding hydrogens is 250 g/mol. The Hall–Kier alpha value is -2.09. The van der Waals surface area contributed by atoms with Crippen molar-refractivity contribution in [3.63, 3.8) is 0 Å². The summed E-state index contributed by atoms with van der Waals surface area (Å²) in [6.45, 7) is 2.27. The fraction of sp³-hybridized carbons (Fsp3) is 0.312. The number of rotatable bonds is 6.